The topological polar surface area (TPSA) is 107 Å². The largest absolute Gasteiger partial charge is 0.323 e. The first kappa shape index (κ1) is 16.2. The van der Waals surface area contributed by atoms with Gasteiger partial charge in [-0.15, -0.1) is 11.3 Å². The Morgan fingerprint density at radius 2 is 2.22 bits per heavy atom. The van der Waals surface area contributed by atoms with Crippen molar-refractivity contribution < 1.29 is 4.39 Å². The first-order chi connectivity index (χ1) is 13.1. The van der Waals surface area contributed by atoms with E-state index in [2.05, 4.69) is 30.5 Å². The number of hydrogen-bond acceptors (Lipinski definition) is 8. The Morgan fingerprint density at radius 3 is 2.96 bits per heavy atom. The summed E-state index contributed by atoms with van der Waals surface area (Å²) in [4.78, 5) is 21.5. The molecule has 0 spiro atoms. The molecule has 5 aromatic rings. The molecule has 136 valence electrons. The van der Waals surface area contributed by atoms with Gasteiger partial charge in [0.2, 0.25) is 0 Å². The molecule has 5 heterocycles. The highest BCUT2D eigenvalue weighted by Gasteiger charge is 2.19. The van der Waals surface area contributed by atoms with Crippen LogP contribution in [0.1, 0.15) is 16.4 Å². The van der Waals surface area contributed by atoms with Crippen LogP contribution in [0.2, 0.25) is 0 Å². The Kier molecular flexibility index (Phi) is 3.62. The van der Waals surface area contributed by atoms with Crippen molar-refractivity contribution in [1.82, 2.24) is 39.7 Å². The Morgan fingerprint density at radius 1 is 1.33 bits per heavy atom. The molecule has 12 heteroatoms. The molecule has 0 bridgehead atoms. The monoisotopic (exact) mass is 402 g/mol. The Hall–Kier alpha value is -2.99. The predicted octanol–water partition coefficient (Wildman–Crippen LogP) is 1.70. The van der Waals surface area contributed by atoms with Crippen LogP contribution in [0.4, 0.5) is 4.39 Å². The van der Waals surface area contributed by atoms with Crippen LogP contribution in [0.15, 0.2) is 22.7 Å². The molecule has 5 aromatic heterocycles. The van der Waals surface area contributed by atoms with Gasteiger partial charge in [-0.25, -0.2) is 14.6 Å². The molecule has 0 saturated carbocycles. The smallest absolute Gasteiger partial charge is 0.291 e. The van der Waals surface area contributed by atoms with Crippen LogP contribution in [-0.4, -0.2) is 39.7 Å². The van der Waals surface area contributed by atoms with Gasteiger partial charge in [0.25, 0.3) is 5.56 Å². The lowest BCUT2D eigenvalue weighted by Crippen LogP contribution is -2.24. The number of aromatic amines is 1. The zero-order chi connectivity index (χ0) is 18.5. The van der Waals surface area contributed by atoms with Gasteiger partial charge in [0.15, 0.2) is 10.8 Å². The third kappa shape index (κ3) is 2.56. The SMILES string of the molecule is Cn1c2nc(Cc3ncsc3F)sc2c2cnn(Cc3cn[nH]n3)c(=O)c21. The summed E-state index contributed by atoms with van der Waals surface area (Å²) in [6.07, 6.45) is 3.53. The number of rotatable bonds is 4. The highest BCUT2D eigenvalue weighted by atomic mass is 32.1. The number of H-pyrrole nitrogens is 1. The molecule has 0 fully saturated rings. The van der Waals surface area contributed by atoms with Gasteiger partial charge in [0.05, 0.1) is 34.8 Å². The summed E-state index contributed by atoms with van der Waals surface area (Å²) >= 11 is 2.40. The van der Waals surface area contributed by atoms with Crippen LogP contribution < -0.4 is 5.56 Å². The van der Waals surface area contributed by atoms with E-state index in [0.29, 0.717) is 29.0 Å². The number of aryl methyl sites for hydroxylation is 1. The fraction of sp³-hybridized carbons (Fsp3) is 0.200. The van der Waals surface area contributed by atoms with Crippen molar-refractivity contribution >= 4 is 43.9 Å². The maximum Gasteiger partial charge on any atom is 0.291 e. The van der Waals surface area contributed by atoms with Gasteiger partial charge in [-0.05, 0) is 0 Å². The maximum absolute atomic E-state index is 13.7. The molecule has 0 aliphatic carbocycles. The average molecular weight is 402 g/mol. The molecule has 9 nitrogen and oxygen atoms in total. The minimum Gasteiger partial charge on any atom is -0.323 e. The zero-order valence-electron chi connectivity index (χ0n) is 13.9. The zero-order valence-corrected chi connectivity index (χ0v) is 15.5. The number of nitrogens with zero attached hydrogens (tertiary/aromatic N) is 7. The Balaban J connectivity index is 1.61. The fourth-order valence-electron chi connectivity index (χ4n) is 2.99. The quantitative estimate of drug-likeness (QED) is 0.490. The van der Waals surface area contributed by atoms with Crippen molar-refractivity contribution in [2.75, 3.05) is 0 Å². The molecule has 0 aromatic carbocycles. The van der Waals surface area contributed by atoms with Crippen LogP contribution >= 0.6 is 22.7 Å². The predicted molar refractivity (Wildman–Crippen MR) is 98.5 cm³/mol. The molecule has 5 rings (SSSR count). The number of aromatic nitrogens is 8. The average Bonchev–Trinajstić information content (AvgIpc) is 3.41. The molecule has 0 amide bonds. The Labute approximate surface area is 158 Å². The van der Waals surface area contributed by atoms with Crippen LogP contribution in [-0.2, 0) is 20.0 Å². The third-order valence-electron chi connectivity index (χ3n) is 4.26. The lowest BCUT2D eigenvalue weighted by molar-refractivity contribution is 0.631. The highest BCUT2D eigenvalue weighted by Crippen LogP contribution is 2.32. The molecular formula is C15H11FN8OS2. The summed E-state index contributed by atoms with van der Waals surface area (Å²) in [6.45, 7) is 0.228. The molecular weight excluding hydrogens is 391 g/mol. The van der Waals surface area contributed by atoms with Crippen LogP contribution in [0.5, 0.6) is 0 Å². The van der Waals surface area contributed by atoms with Gasteiger partial charge in [-0.2, -0.15) is 24.9 Å². The summed E-state index contributed by atoms with van der Waals surface area (Å²) in [6, 6.07) is 0. The van der Waals surface area contributed by atoms with Crippen LogP contribution in [0, 0.1) is 5.13 Å². The van der Waals surface area contributed by atoms with Crippen molar-refractivity contribution in [3.8, 4) is 0 Å². The van der Waals surface area contributed by atoms with Crippen molar-refractivity contribution in [3.05, 3.63) is 49.8 Å². The lowest BCUT2D eigenvalue weighted by Gasteiger charge is -2.03. The van der Waals surface area contributed by atoms with Crippen molar-refractivity contribution in [2.45, 2.75) is 13.0 Å². The van der Waals surface area contributed by atoms with Crippen molar-refractivity contribution in [1.29, 1.82) is 0 Å². The van der Waals surface area contributed by atoms with Gasteiger partial charge < -0.3 is 4.57 Å². The lowest BCUT2D eigenvalue weighted by atomic mass is 10.3. The summed E-state index contributed by atoms with van der Waals surface area (Å²) in [5, 5.41) is 15.6. The first-order valence-electron chi connectivity index (χ1n) is 7.88. The van der Waals surface area contributed by atoms with Crippen molar-refractivity contribution in [3.63, 3.8) is 0 Å². The summed E-state index contributed by atoms with van der Waals surface area (Å²) in [7, 11) is 1.79. The van der Waals surface area contributed by atoms with E-state index in [1.807, 2.05) is 0 Å². The van der Waals surface area contributed by atoms with E-state index in [1.54, 1.807) is 24.0 Å². The molecule has 0 aliphatic rings. The van der Waals surface area contributed by atoms with E-state index in [4.69, 9.17) is 0 Å². The molecule has 27 heavy (non-hydrogen) atoms. The van der Waals surface area contributed by atoms with E-state index in [9.17, 15) is 9.18 Å². The highest BCUT2D eigenvalue weighted by molar-refractivity contribution is 7.19. The van der Waals surface area contributed by atoms with E-state index in [1.165, 1.54) is 21.5 Å². The van der Waals surface area contributed by atoms with E-state index >= 15 is 0 Å². The molecule has 0 atom stereocenters. The molecule has 0 saturated heterocycles. The minimum absolute atomic E-state index is 0.227. The number of hydrogen-bond donors (Lipinski definition) is 1. The molecule has 0 unspecified atom stereocenters. The first-order valence-corrected chi connectivity index (χ1v) is 9.58. The van der Waals surface area contributed by atoms with E-state index in [-0.39, 0.29) is 17.2 Å². The second-order valence-corrected chi connectivity index (χ2v) is 7.79. The van der Waals surface area contributed by atoms with Gasteiger partial charge in [0.1, 0.15) is 16.2 Å². The second-order valence-electron chi connectivity index (χ2n) is 5.90. The van der Waals surface area contributed by atoms with E-state index in [0.717, 1.165) is 26.4 Å². The van der Waals surface area contributed by atoms with Gasteiger partial charge in [-0.1, -0.05) is 11.3 Å². The normalized spacial score (nSPS) is 11.8. The summed E-state index contributed by atoms with van der Waals surface area (Å²) in [5.74, 6) is 0. The van der Waals surface area contributed by atoms with Gasteiger partial charge >= 0.3 is 0 Å². The molecule has 1 N–H and O–H groups in total. The fourth-order valence-corrected chi connectivity index (χ4v) is 4.63. The van der Waals surface area contributed by atoms with Crippen LogP contribution in [0.3, 0.4) is 0 Å². The number of fused-ring (bicyclic) bond motifs is 3. The summed E-state index contributed by atoms with van der Waals surface area (Å²) < 4.78 is 17.6. The molecule has 0 radical (unpaired) electrons. The minimum atomic E-state index is -0.295. The Bertz CT molecular complexity index is 1330. The molecule has 0 aliphatic heterocycles. The van der Waals surface area contributed by atoms with Gasteiger partial charge in [-0.3, -0.25) is 4.79 Å². The second kappa shape index (κ2) is 6.03. The van der Waals surface area contributed by atoms with Gasteiger partial charge in [0, 0.05) is 18.9 Å². The number of thiazole rings is 2. The van der Waals surface area contributed by atoms with Crippen molar-refractivity contribution in [2.24, 2.45) is 7.05 Å². The maximum atomic E-state index is 13.7. The van der Waals surface area contributed by atoms with E-state index < -0.39 is 0 Å². The number of halogens is 1. The van der Waals surface area contributed by atoms with Crippen LogP contribution in [0.25, 0.3) is 21.3 Å². The number of nitrogens with one attached hydrogen (secondary N) is 1. The third-order valence-corrected chi connectivity index (χ3v) is 5.99. The standard InChI is InChI=1S/C15H11FN8OS2/c1-23-11-8(4-19-24(15(11)25)5-7-3-18-22-21-7)12-14(23)20-10(27-12)2-9-13(16)26-6-17-9/h3-4,6H,2,5H2,1H3,(H,18,21,22). The summed E-state index contributed by atoms with van der Waals surface area (Å²) in [5.41, 5.74) is 3.46.